The SMILES string of the molecule is CN1CC(=O)N[C@@H](CCC(=O)O)C(=O)N(C)CC(=O)N[C@@H](CSC(c2ccccc2)(c2ccccc2)c2ccccc2)C(=O)N(C)CC(=O)C[C@@H](CSC(c2ccccc2)(c2ccccc2)c2ccccc2)C1=O. The van der Waals surface area contributed by atoms with Crippen molar-refractivity contribution in [3.05, 3.63) is 215 Å². The van der Waals surface area contributed by atoms with Gasteiger partial charge < -0.3 is 30.4 Å². The van der Waals surface area contributed by atoms with Crippen LogP contribution < -0.4 is 10.6 Å². The number of carbonyl (C=O) groups excluding carboxylic acids is 6. The lowest BCUT2D eigenvalue weighted by Crippen LogP contribution is -2.55. The number of carboxylic acid groups (broad SMARTS) is 1. The zero-order chi connectivity index (χ0) is 52.7. The zero-order valence-electron chi connectivity index (χ0n) is 41.7. The topological polar surface area (TPSA) is 174 Å². The third-order valence-electron chi connectivity index (χ3n) is 13.1. The lowest BCUT2D eigenvalue weighted by atomic mass is 9.84. The number of benzene rings is 6. The van der Waals surface area contributed by atoms with Crippen LogP contribution in [0.3, 0.4) is 0 Å². The standard InChI is InChI=1S/C59H61N5O8S2/c1-62-37-49(65)36-42(40-73-58(43-22-10-4-11-23-43,44-24-12-5-13-25-44)45-26-14-6-15-27-45)55(70)63(2)38-52(66)60-50(34-35-54(68)69)56(71)64(3)39-53(67)61-51(57(62)72)41-74-59(46-28-16-7-17-29-46,47-30-18-8-19-31-47)48-32-20-9-21-33-48/h4-33,42,50-51H,34-41H2,1-3H3,(H,60,66)(H,61,67)(H,68,69)/t42-,50-,51-/m0/s1. The minimum atomic E-state index is -1.38. The molecule has 0 unspecified atom stereocenters. The van der Waals surface area contributed by atoms with E-state index in [0.717, 1.165) is 38.3 Å². The lowest BCUT2D eigenvalue weighted by molar-refractivity contribution is -0.143. The molecule has 3 atom stereocenters. The second-order valence-electron chi connectivity index (χ2n) is 18.4. The van der Waals surface area contributed by atoms with Crippen molar-refractivity contribution in [3.63, 3.8) is 0 Å². The molecule has 1 saturated heterocycles. The summed E-state index contributed by atoms with van der Waals surface area (Å²) in [6.07, 6.45) is -1.09. The van der Waals surface area contributed by atoms with E-state index in [2.05, 4.69) is 10.6 Å². The maximum Gasteiger partial charge on any atom is 0.303 e. The minimum Gasteiger partial charge on any atom is -0.481 e. The highest BCUT2D eigenvalue weighted by atomic mass is 32.2. The molecule has 13 nitrogen and oxygen atoms in total. The number of carbonyl (C=O) groups is 7. The molecule has 3 N–H and O–H groups in total. The van der Waals surface area contributed by atoms with Gasteiger partial charge in [-0.2, -0.15) is 0 Å². The number of nitrogens with zero attached hydrogens (tertiary/aromatic N) is 3. The van der Waals surface area contributed by atoms with E-state index >= 15 is 0 Å². The largest absolute Gasteiger partial charge is 0.481 e. The van der Waals surface area contributed by atoms with Crippen LogP contribution in [0.5, 0.6) is 0 Å². The number of aliphatic carboxylic acids is 1. The molecular formula is C59H61N5O8S2. The van der Waals surface area contributed by atoms with E-state index in [1.807, 2.05) is 182 Å². The number of hydrogen-bond donors (Lipinski definition) is 3. The maximum atomic E-state index is 14.9. The summed E-state index contributed by atoms with van der Waals surface area (Å²) in [7, 11) is 4.27. The molecule has 0 radical (unpaired) electrons. The van der Waals surface area contributed by atoms with Gasteiger partial charge in [0.15, 0.2) is 5.78 Å². The molecule has 6 aromatic rings. The van der Waals surface area contributed by atoms with Crippen molar-refractivity contribution >= 4 is 64.8 Å². The van der Waals surface area contributed by atoms with Gasteiger partial charge in [0, 0.05) is 45.5 Å². The van der Waals surface area contributed by atoms with E-state index in [1.54, 1.807) is 0 Å². The Balaban J connectivity index is 1.27. The number of amides is 5. The Hall–Kier alpha value is -7.49. The van der Waals surface area contributed by atoms with Crippen molar-refractivity contribution in [2.45, 2.75) is 40.8 Å². The van der Waals surface area contributed by atoms with Gasteiger partial charge in [-0.15, -0.1) is 23.5 Å². The molecule has 6 aromatic carbocycles. The molecule has 1 fully saturated rings. The maximum absolute atomic E-state index is 14.9. The summed E-state index contributed by atoms with van der Waals surface area (Å²) in [5.41, 5.74) is 5.55. The zero-order valence-corrected chi connectivity index (χ0v) is 43.3. The molecule has 1 aliphatic heterocycles. The molecule has 7 rings (SSSR count). The molecule has 382 valence electrons. The number of likely N-dealkylation sites (N-methyl/N-ethyl adjacent to an activating group) is 3. The van der Waals surface area contributed by atoms with E-state index in [-0.39, 0.29) is 24.3 Å². The predicted molar refractivity (Wildman–Crippen MR) is 290 cm³/mol. The summed E-state index contributed by atoms with van der Waals surface area (Å²) in [4.78, 5) is 102. The Morgan fingerprint density at radius 2 is 0.784 bits per heavy atom. The molecular weight excluding hydrogens is 971 g/mol. The van der Waals surface area contributed by atoms with Crippen LogP contribution in [0, 0.1) is 5.92 Å². The van der Waals surface area contributed by atoms with Crippen LogP contribution in [-0.4, -0.2) is 125 Å². The van der Waals surface area contributed by atoms with Gasteiger partial charge in [0.1, 0.15) is 12.1 Å². The number of rotatable bonds is 15. The van der Waals surface area contributed by atoms with Gasteiger partial charge in [-0.05, 0) is 39.8 Å². The second kappa shape index (κ2) is 25.4. The number of thioether (sulfide) groups is 2. The van der Waals surface area contributed by atoms with Gasteiger partial charge in [-0.1, -0.05) is 182 Å². The van der Waals surface area contributed by atoms with Crippen LogP contribution in [0.4, 0.5) is 0 Å². The van der Waals surface area contributed by atoms with Crippen molar-refractivity contribution < 1.29 is 38.7 Å². The van der Waals surface area contributed by atoms with E-state index < -0.39 is 94.8 Å². The number of carboxylic acids is 1. The van der Waals surface area contributed by atoms with E-state index in [4.69, 9.17) is 0 Å². The first-order valence-corrected chi connectivity index (χ1v) is 26.4. The molecule has 15 heteroatoms. The van der Waals surface area contributed by atoms with E-state index in [0.29, 0.717) is 0 Å². The Morgan fingerprint density at radius 1 is 0.473 bits per heavy atom. The number of Topliss-reactive ketones (excluding diaryl/α,β-unsaturated/α-hetero) is 1. The first-order chi connectivity index (χ1) is 35.7. The number of hydrogen-bond acceptors (Lipinski definition) is 9. The van der Waals surface area contributed by atoms with Crippen molar-refractivity contribution in [1.29, 1.82) is 0 Å². The van der Waals surface area contributed by atoms with Crippen molar-refractivity contribution in [3.8, 4) is 0 Å². The molecule has 1 aliphatic rings. The van der Waals surface area contributed by atoms with Gasteiger partial charge >= 0.3 is 5.97 Å². The van der Waals surface area contributed by atoms with Crippen LogP contribution in [0.25, 0.3) is 0 Å². The fraction of sp³-hybridized carbons (Fsp3) is 0.271. The predicted octanol–water partition coefficient (Wildman–Crippen LogP) is 7.24. The summed E-state index contributed by atoms with van der Waals surface area (Å²) in [6.45, 7) is -1.48. The quantitative estimate of drug-likeness (QED) is 0.0891. The van der Waals surface area contributed by atoms with Crippen LogP contribution in [0.2, 0.25) is 0 Å². The molecule has 74 heavy (non-hydrogen) atoms. The molecule has 0 spiro atoms. The van der Waals surface area contributed by atoms with Crippen LogP contribution in [-0.2, 0) is 43.1 Å². The van der Waals surface area contributed by atoms with E-state index in [9.17, 15) is 38.7 Å². The smallest absolute Gasteiger partial charge is 0.303 e. The Morgan fingerprint density at radius 3 is 1.15 bits per heavy atom. The molecule has 1 heterocycles. The monoisotopic (exact) mass is 1030 g/mol. The summed E-state index contributed by atoms with van der Waals surface area (Å²) in [5, 5.41) is 15.1. The summed E-state index contributed by atoms with van der Waals surface area (Å²) in [6, 6.07) is 56.5. The van der Waals surface area contributed by atoms with Gasteiger partial charge in [0.05, 0.1) is 35.0 Å². The van der Waals surface area contributed by atoms with E-state index in [1.165, 1.54) is 54.5 Å². The van der Waals surface area contributed by atoms with Gasteiger partial charge in [-0.3, -0.25) is 33.6 Å². The second-order valence-corrected chi connectivity index (χ2v) is 20.8. The van der Waals surface area contributed by atoms with Gasteiger partial charge in [-0.25, -0.2) is 0 Å². The van der Waals surface area contributed by atoms with Crippen LogP contribution >= 0.6 is 23.5 Å². The molecule has 5 amide bonds. The van der Waals surface area contributed by atoms with Crippen LogP contribution in [0.15, 0.2) is 182 Å². The molecule has 0 saturated carbocycles. The first kappa shape index (κ1) is 54.3. The van der Waals surface area contributed by atoms with Crippen molar-refractivity contribution in [2.75, 3.05) is 52.3 Å². The first-order valence-electron chi connectivity index (χ1n) is 24.4. The highest BCUT2D eigenvalue weighted by Crippen LogP contribution is 2.50. The Bertz CT molecular complexity index is 2540. The van der Waals surface area contributed by atoms with Gasteiger partial charge in [0.25, 0.3) is 0 Å². The van der Waals surface area contributed by atoms with Crippen molar-refractivity contribution in [1.82, 2.24) is 25.3 Å². The summed E-state index contributed by atoms with van der Waals surface area (Å²) >= 11 is 2.91. The summed E-state index contributed by atoms with van der Waals surface area (Å²) in [5.74, 6) is -5.84. The third-order valence-corrected chi connectivity index (χ3v) is 16.4. The number of ketones is 1. The molecule has 0 aliphatic carbocycles. The minimum absolute atomic E-state index is 0.000171. The average molecular weight is 1030 g/mol. The fourth-order valence-corrected chi connectivity index (χ4v) is 12.7. The number of nitrogens with one attached hydrogen (secondary N) is 2. The van der Waals surface area contributed by atoms with Gasteiger partial charge in [0.2, 0.25) is 29.5 Å². The van der Waals surface area contributed by atoms with Crippen LogP contribution in [0.1, 0.15) is 52.6 Å². The van der Waals surface area contributed by atoms with Crippen molar-refractivity contribution in [2.24, 2.45) is 5.92 Å². The normalized spacial score (nSPS) is 18.0. The lowest BCUT2D eigenvalue weighted by Gasteiger charge is -2.37. The Kier molecular flexibility index (Phi) is 18.7. The fourth-order valence-electron chi connectivity index (χ4n) is 9.48. The Labute approximate surface area is 441 Å². The average Bonchev–Trinajstić information content (AvgIpc) is 3.43. The molecule has 0 bridgehead atoms. The summed E-state index contributed by atoms with van der Waals surface area (Å²) < 4.78 is -1.77. The highest BCUT2D eigenvalue weighted by Gasteiger charge is 2.42. The third kappa shape index (κ3) is 13.0. The highest BCUT2D eigenvalue weighted by molar-refractivity contribution is 8.01. The molecule has 0 aromatic heterocycles.